The lowest BCUT2D eigenvalue weighted by Crippen LogP contribution is -2.53. The summed E-state index contributed by atoms with van der Waals surface area (Å²) in [5.41, 5.74) is 0. The summed E-state index contributed by atoms with van der Waals surface area (Å²) >= 11 is 32.2. The molecule has 4 aliphatic heterocycles. The molecule has 4 fully saturated rings. The fraction of sp³-hybridized carbons (Fsp3) is 1.00. The van der Waals surface area contributed by atoms with Gasteiger partial charge in [-0.25, -0.2) is 0 Å². The molecule has 0 saturated carbocycles. The number of thioether (sulfide) groups is 6. The summed E-state index contributed by atoms with van der Waals surface area (Å²) < 4.78 is 1.29. The lowest BCUT2D eigenvalue weighted by Gasteiger charge is -2.67. The summed E-state index contributed by atoms with van der Waals surface area (Å²) in [4.78, 5) is 0. The topological polar surface area (TPSA) is 0 Å². The molecule has 0 unspecified atom stereocenters. The Balaban J connectivity index is 1.82. The van der Waals surface area contributed by atoms with Gasteiger partial charge in [-0.15, -0.1) is 105 Å². The number of alkyl halides is 3. The Kier molecular flexibility index (Phi) is 13.8. The first-order chi connectivity index (χ1) is 16.0. The van der Waals surface area contributed by atoms with Crippen LogP contribution in [-0.4, -0.2) is 31.3 Å². The summed E-state index contributed by atoms with van der Waals surface area (Å²) in [6, 6.07) is 0. The van der Waals surface area contributed by atoms with Crippen molar-refractivity contribution in [2.75, 3.05) is 17.6 Å². The zero-order chi connectivity index (χ0) is 23.7. The van der Waals surface area contributed by atoms with Gasteiger partial charge in [0.05, 0.1) is 0 Å². The molecule has 4 rings (SSSR count). The van der Waals surface area contributed by atoms with Crippen LogP contribution in [0.25, 0.3) is 0 Å². The van der Waals surface area contributed by atoms with Crippen LogP contribution in [0.15, 0.2) is 0 Å². The summed E-state index contributed by atoms with van der Waals surface area (Å²) in [6.07, 6.45) is 20.6. The maximum absolute atomic E-state index is 6.01. The average Bonchev–Trinajstić information content (AvgIpc) is 2.77. The predicted molar refractivity (Wildman–Crippen MR) is 168 cm³/mol. The molecular formula is C24H41Cl3S6. The van der Waals surface area contributed by atoms with E-state index in [4.69, 9.17) is 34.8 Å². The fourth-order valence-electron chi connectivity index (χ4n) is 4.71. The van der Waals surface area contributed by atoms with Gasteiger partial charge >= 0.3 is 0 Å². The normalized spacial score (nSPS) is 34.9. The van der Waals surface area contributed by atoms with E-state index in [1.807, 2.05) is 0 Å². The Bertz CT molecular complexity index is 503. The quantitative estimate of drug-likeness (QED) is 0.102. The van der Waals surface area contributed by atoms with Crippen molar-refractivity contribution in [3.63, 3.8) is 0 Å². The van der Waals surface area contributed by atoms with Crippen LogP contribution in [0, 0.1) is 0 Å². The third-order valence-electron chi connectivity index (χ3n) is 6.30. The maximum Gasteiger partial charge on any atom is 0.113 e. The summed E-state index contributed by atoms with van der Waals surface area (Å²) in [6.45, 7) is 2.34. The summed E-state index contributed by atoms with van der Waals surface area (Å²) in [5, 5.41) is 0. The van der Waals surface area contributed by atoms with Gasteiger partial charge in [-0.3, -0.25) is 0 Å². The van der Waals surface area contributed by atoms with E-state index < -0.39 is 0 Å². The number of halogens is 3. The second kappa shape index (κ2) is 14.9. The minimum atomic E-state index is 0.319. The molecular weight excluding hydrogens is 587 g/mol. The van der Waals surface area contributed by atoms with Crippen molar-refractivity contribution in [2.45, 2.75) is 123 Å². The van der Waals surface area contributed by atoms with Gasteiger partial charge < -0.3 is 0 Å². The van der Waals surface area contributed by atoms with E-state index in [0.29, 0.717) is 13.6 Å². The molecule has 4 saturated heterocycles. The van der Waals surface area contributed by atoms with E-state index in [0.717, 1.165) is 36.9 Å². The highest BCUT2D eigenvalue weighted by molar-refractivity contribution is 8.64. The van der Waals surface area contributed by atoms with Crippen LogP contribution in [0.3, 0.4) is 0 Å². The number of hydrogen-bond acceptors (Lipinski definition) is 6. The van der Waals surface area contributed by atoms with Crippen LogP contribution in [0.2, 0.25) is 0 Å². The van der Waals surface area contributed by atoms with Crippen molar-refractivity contribution in [3.8, 4) is 0 Å². The molecule has 9 heteroatoms. The van der Waals surface area contributed by atoms with Crippen LogP contribution >= 0.6 is 105 Å². The second-order valence-electron chi connectivity index (χ2n) is 9.30. The molecule has 0 atom stereocenters. The van der Waals surface area contributed by atoms with Crippen molar-refractivity contribution in [1.82, 2.24) is 0 Å². The summed E-state index contributed by atoms with van der Waals surface area (Å²) in [7, 11) is 0. The van der Waals surface area contributed by atoms with Crippen molar-refractivity contribution >= 4 is 105 Å². The van der Waals surface area contributed by atoms with E-state index in [1.54, 1.807) is 0 Å². The van der Waals surface area contributed by atoms with Gasteiger partial charge in [-0.2, -0.15) is 0 Å². The van der Waals surface area contributed by atoms with Gasteiger partial charge in [0.25, 0.3) is 0 Å². The zero-order valence-corrected chi connectivity index (χ0v) is 27.2. The molecule has 194 valence electrons. The van der Waals surface area contributed by atoms with Gasteiger partial charge in [0.1, 0.15) is 13.6 Å². The summed E-state index contributed by atoms with van der Waals surface area (Å²) in [5.74, 6) is 2.41. The first kappa shape index (κ1) is 30.5. The molecule has 4 bridgehead atoms. The van der Waals surface area contributed by atoms with E-state index in [9.17, 15) is 0 Å². The largest absolute Gasteiger partial charge is 0.127 e. The molecule has 0 aliphatic carbocycles. The minimum absolute atomic E-state index is 0.319. The first-order valence-electron chi connectivity index (χ1n) is 12.9. The van der Waals surface area contributed by atoms with Crippen LogP contribution in [0.5, 0.6) is 0 Å². The number of rotatable bonds is 19. The zero-order valence-electron chi connectivity index (χ0n) is 20.0. The van der Waals surface area contributed by atoms with E-state index >= 15 is 0 Å². The number of hydrogen-bond donors (Lipinski definition) is 0. The van der Waals surface area contributed by atoms with Crippen LogP contribution in [0.1, 0.15) is 110 Å². The smallest absolute Gasteiger partial charge is 0.113 e. The monoisotopic (exact) mass is 626 g/mol. The molecule has 4 heterocycles. The highest BCUT2D eigenvalue weighted by Crippen LogP contribution is 2.91. The Morgan fingerprint density at radius 2 is 0.667 bits per heavy atom. The molecule has 0 aromatic carbocycles. The Morgan fingerprint density at radius 3 is 0.909 bits per heavy atom. The third-order valence-corrected chi connectivity index (χ3v) is 19.3. The van der Waals surface area contributed by atoms with E-state index in [-0.39, 0.29) is 0 Å². The van der Waals surface area contributed by atoms with E-state index in [1.165, 1.54) is 83.5 Å². The van der Waals surface area contributed by atoms with Crippen molar-refractivity contribution in [1.29, 1.82) is 0 Å². The Labute approximate surface area is 244 Å². The van der Waals surface area contributed by atoms with Crippen LogP contribution < -0.4 is 0 Å². The predicted octanol–water partition coefficient (Wildman–Crippen LogP) is 12.0. The van der Waals surface area contributed by atoms with Crippen molar-refractivity contribution in [3.05, 3.63) is 0 Å². The molecule has 0 spiro atoms. The molecule has 0 radical (unpaired) electrons. The molecule has 0 aromatic rings. The fourth-order valence-corrected chi connectivity index (χ4v) is 27.1. The van der Waals surface area contributed by atoms with Crippen molar-refractivity contribution < 1.29 is 0 Å². The molecule has 0 nitrogen and oxygen atoms in total. The molecule has 0 amide bonds. The van der Waals surface area contributed by atoms with Crippen LogP contribution in [0.4, 0.5) is 0 Å². The van der Waals surface area contributed by atoms with E-state index in [2.05, 4.69) is 77.5 Å². The SMILES string of the molecule is CCCCCC12SC3(CCCCCCl)SC(CCCCCCl)(S1)SC(CCCCCCl)(S2)S3. The Morgan fingerprint density at radius 1 is 0.394 bits per heavy atom. The molecule has 0 aromatic heterocycles. The lowest BCUT2D eigenvalue weighted by molar-refractivity contribution is 0.644. The van der Waals surface area contributed by atoms with Gasteiger partial charge in [0.15, 0.2) is 0 Å². The van der Waals surface area contributed by atoms with Crippen LogP contribution in [-0.2, 0) is 0 Å². The molecule has 4 aliphatic rings. The van der Waals surface area contributed by atoms with Gasteiger partial charge in [0.2, 0.25) is 0 Å². The third kappa shape index (κ3) is 8.73. The second-order valence-corrected chi connectivity index (χ2v) is 23.1. The molecule has 0 N–H and O–H groups in total. The van der Waals surface area contributed by atoms with Gasteiger partial charge in [-0.1, -0.05) is 64.7 Å². The number of unbranched alkanes of at least 4 members (excludes halogenated alkanes) is 8. The lowest BCUT2D eigenvalue weighted by atomic mass is 10.2. The van der Waals surface area contributed by atoms with Gasteiger partial charge in [-0.05, 0) is 44.9 Å². The minimum Gasteiger partial charge on any atom is -0.127 e. The van der Waals surface area contributed by atoms with Crippen molar-refractivity contribution in [2.24, 2.45) is 0 Å². The molecule has 33 heavy (non-hydrogen) atoms. The highest BCUT2D eigenvalue weighted by atomic mass is 35.5. The average molecular weight is 628 g/mol. The van der Waals surface area contributed by atoms with Gasteiger partial charge in [0, 0.05) is 17.6 Å². The Hall–Kier alpha value is 2.97. The standard InChI is InChI=1S/C24H41Cl3S6/c1-2-3-7-14-21-28-22(15-8-4-11-18-25)31-23(29-21,16-9-5-12-19-26)33-24(30-21,32-22)17-10-6-13-20-27/h2-20H2,1H3. The first-order valence-corrected chi connectivity index (χ1v) is 19.4. The maximum atomic E-state index is 6.01. The highest BCUT2D eigenvalue weighted by Gasteiger charge is 2.71.